The van der Waals surface area contributed by atoms with Crippen molar-refractivity contribution in [2.75, 3.05) is 6.61 Å². The molecule has 0 saturated heterocycles. The molecule has 1 aromatic carbocycles. The first-order valence-electron chi connectivity index (χ1n) is 5.75. The van der Waals surface area contributed by atoms with Crippen LogP contribution < -0.4 is 5.32 Å². The number of aliphatic hydroxyl groups is 1. The minimum atomic E-state index is -1.28. The van der Waals surface area contributed by atoms with E-state index in [2.05, 4.69) is 5.32 Å². The molecule has 0 heterocycles. The Morgan fingerprint density at radius 1 is 1.40 bits per heavy atom. The molecule has 0 aliphatic carbocycles. The van der Waals surface area contributed by atoms with Gasteiger partial charge in [0.2, 0.25) is 0 Å². The second kappa shape index (κ2) is 6.62. The highest BCUT2D eigenvalue weighted by Gasteiger charge is 2.21. The molecule has 0 unspecified atom stereocenters. The molecule has 0 aliphatic rings. The zero-order valence-electron chi connectivity index (χ0n) is 10.7. The number of nitrogens with zero attached hydrogens (tertiary/aromatic N) is 1. The summed E-state index contributed by atoms with van der Waals surface area (Å²) >= 11 is 0. The third-order valence-electron chi connectivity index (χ3n) is 2.56. The topological polar surface area (TPSA) is 130 Å². The Morgan fingerprint density at radius 3 is 2.55 bits per heavy atom. The van der Waals surface area contributed by atoms with Gasteiger partial charge in [0, 0.05) is 30.7 Å². The normalized spacial score (nSPS) is 11.7. The number of carboxylic acid groups (broad SMARTS) is 1. The molecule has 0 spiro atoms. The Morgan fingerprint density at radius 2 is 2.05 bits per heavy atom. The second-order valence-corrected chi connectivity index (χ2v) is 4.19. The molecule has 0 aromatic heterocycles. The number of amides is 1. The number of aliphatic hydroxyl groups excluding tert-OH is 1. The number of non-ortho nitro benzene ring substituents is 1. The van der Waals surface area contributed by atoms with Crippen LogP contribution in [0.3, 0.4) is 0 Å². The van der Waals surface area contributed by atoms with Gasteiger partial charge < -0.3 is 15.5 Å². The number of carbonyl (C=O) groups is 2. The highest BCUT2D eigenvalue weighted by Crippen LogP contribution is 2.16. The first-order valence-corrected chi connectivity index (χ1v) is 5.75. The fourth-order valence-electron chi connectivity index (χ4n) is 1.63. The van der Waals surface area contributed by atoms with Gasteiger partial charge in [-0.15, -0.1) is 0 Å². The number of aliphatic carboxylic acids is 1. The summed E-state index contributed by atoms with van der Waals surface area (Å²) in [4.78, 5) is 32.8. The molecular formula is C12H14N2O6. The zero-order chi connectivity index (χ0) is 15.3. The number of nitrogens with one attached hydrogen (secondary N) is 1. The molecule has 0 bridgehead atoms. The van der Waals surface area contributed by atoms with Gasteiger partial charge in [-0.05, 0) is 18.6 Å². The predicted molar refractivity (Wildman–Crippen MR) is 68.4 cm³/mol. The van der Waals surface area contributed by atoms with Crippen molar-refractivity contribution in [1.29, 1.82) is 0 Å². The molecule has 1 amide bonds. The molecule has 1 rings (SSSR count). The van der Waals surface area contributed by atoms with Crippen LogP contribution in [-0.4, -0.2) is 39.7 Å². The van der Waals surface area contributed by atoms with E-state index < -0.39 is 29.4 Å². The van der Waals surface area contributed by atoms with Gasteiger partial charge in [-0.25, -0.2) is 4.79 Å². The van der Waals surface area contributed by atoms with Crippen LogP contribution in [0.15, 0.2) is 18.2 Å². The van der Waals surface area contributed by atoms with E-state index in [4.69, 9.17) is 10.2 Å². The molecule has 8 nitrogen and oxygen atoms in total. The molecule has 0 fully saturated rings. The van der Waals surface area contributed by atoms with Crippen LogP contribution in [0.5, 0.6) is 0 Å². The summed E-state index contributed by atoms with van der Waals surface area (Å²) in [6.45, 7) is 1.19. The Kier molecular flexibility index (Phi) is 5.15. The minimum Gasteiger partial charge on any atom is -0.480 e. The van der Waals surface area contributed by atoms with E-state index in [0.717, 1.165) is 6.07 Å². The summed E-state index contributed by atoms with van der Waals surface area (Å²) < 4.78 is 0. The number of nitro benzene ring substituents is 1. The van der Waals surface area contributed by atoms with Gasteiger partial charge in [0.05, 0.1) is 4.92 Å². The van der Waals surface area contributed by atoms with Crippen LogP contribution in [0.1, 0.15) is 22.3 Å². The van der Waals surface area contributed by atoms with E-state index in [-0.39, 0.29) is 17.7 Å². The maximum Gasteiger partial charge on any atom is 0.326 e. The van der Waals surface area contributed by atoms with Gasteiger partial charge in [0.25, 0.3) is 11.6 Å². The van der Waals surface area contributed by atoms with Gasteiger partial charge >= 0.3 is 5.97 Å². The molecule has 8 heteroatoms. The van der Waals surface area contributed by atoms with E-state index in [1.807, 2.05) is 0 Å². The number of hydrogen-bond acceptors (Lipinski definition) is 5. The minimum absolute atomic E-state index is 0.000824. The Hall–Kier alpha value is -2.48. The quantitative estimate of drug-likeness (QED) is 0.513. The maximum atomic E-state index is 11.9. The number of rotatable bonds is 6. The van der Waals surface area contributed by atoms with Crippen LogP contribution >= 0.6 is 0 Å². The van der Waals surface area contributed by atoms with Gasteiger partial charge in [-0.1, -0.05) is 0 Å². The molecule has 0 radical (unpaired) electrons. The summed E-state index contributed by atoms with van der Waals surface area (Å²) in [5.74, 6) is -2.02. The van der Waals surface area contributed by atoms with Crippen molar-refractivity contribution in [1.82, 2.24) is 5.32 Å². The first kappa shape index (κ1) is 15.6. The predicted octanol–water partition coefficient (Wildman–Crippen LogP) is 0.469. The number of aryl methyl sites for hydroxylation is 1. The highest BCUT2D eigenvalue weighted by molar-refractivity contribution is 5.97. The lowest BCUT2D eigenvalue weighted by Crippen LogP contribution is -2.41. The van der Waals surface area contributed by atoms with Crippen LogP contribution in [-0.2, 0) is 4.79 Å². The molecule has 3 N–H and O–H groups in total. The molecular weight excluding hydrogens is 268 g/mol. The molecule has 1 atom stereocenters. The Bertz CT molecular complexity index is 543. The van der Waals surface area contributed by atoms with Crippen LogP contribution in [0, 0.1) is 17.0 Å². The third kappa shape index (κ3) is 4.02. The van der Waals surface area contributed by atoms with Gasteiger partial charge in [-0.2, -0.15) is 0 Å². The molecule has 0 aliphatic heterocycles. The lowest BCUT2D eigenvalue weighted by Gasteiger charge is -2.13. The Labute approximate surface area is 114 Å². The van der Waals surface area contributed by atoms with E-state index in [9.17, 15) is 19.7 Å². The number of carboxylic acids is 1. The van der Waals surface area contributed by atoms with Crippen molar-refractivity contribution in [3.05, 3.63) is 39.4 Å². The van der Waals surface area contributed by atoms with Crippen molar-refractivity contribution >= 4 is 17.6 Å². The van der Waals surface area contributed by atoms with Gasteiger partial charge in [-0.3, -0.25) is 14.9 Å². The molecule has 0 saturated carbocycles. The summed E-state index contributed by atoms with van der Waals surface area (Å²) in [6, 6.07) is 2.55. The van der Waals surface area contributed by atoms with Gasteiger partial charge in [0.1, 0.15) is 6.04 Å². The number of carbonyl (C=O) groups excluding carboxylic acids is 1. The van der Waals surface area contributed by atoms with Gasteiger partial charge in [0.15, 0.2) is 0 Å². The Balaban J connectivity index is 2.97. The molecule has 108 valence electrons. The summed E-state index contributed by atoms with van der Waals surface area (Å²) in [6.07, 6.45) is -0.144. The fraction of sp³-hybridized carbons (Fsp3) is 0.333. The van der Waals surface area contributed by atoms with E-state index >= 15 is 0 Å². The number of nitro groups is 1. The lowest BCUT2D eigenvalue weighted by atomic mass is 10.1. The smallest absolute Gasteiger partial charge is 0.326 e. The summed E-state index contributed by atoms with van der Waals surface area (Å²) in [5, 5.41) is 30.5. The molecule has 1 aromatic rings. The van der Waals surface area contributed by atoms with E-state index in [0.29, 0.717) is 5.56 Å². The average molecular weight is 282 g/mol. The average Bonchev–Trinajstić information content (AvgIpc) is 2.37. The molecule has 20 heavy (non-hydrogen) atoms. The standard InChI is InChI=1S/C12H14N2O6/c1-7-4-8(6-9(5-7)14(19)20)11(16)13-10(2-3-15)12(17)18/h4-6,10,15H,2-3H2,1H3,(H,13,16)(H,17,18)/t10-/m1/s1. The van der Waals surface area contributed by atoms with Crippen LogP contribution in [0.4, 0.5) is 5.69 Å². The van der Waals surface area contributed by atoms with Crippen molar-refractivity contribution in [2.24, 2.45) is 0 Å². The summed E-state index contributed by atoms with van der Waals surface area (Å²) in [5.41, 5.74) is 0.267. The number of benzene rings is 1. The third-order valence-corrected chi connectivity index (χ3v) is 2.56. The summed E-state index contributed by atoms with van der Waals surface area (Å²) in [7, 11) is 0. The fourth-order valence-corrected chi connectivity index (χ4v) is 1.63. The van der Waals surface area contributed by atoms with Crippen molar-refractivity contribution in [2.45, 2.75) is 19.4 Å². The lowest BCUT2D eigenvalue weighted by molar-refractivity contribution is -0.384. The highest BCUT2D eigenvalue weighted by atomic mass is 16.6. The maximum absolute atomic E-state index is 11.9. The SMILES string of the molecule is Cc1cc(C(=O)N[C@H](CCO)C(=O)O)cc([N+](=O)[O-])c1. The zero-order valence-corrected chi connectivity index (χ0v) is 10.7. The monoisotopic (exact) mass is 282 g/mol. The first-order chi connectivity index (χ1) is 9.35. The second-order valence-electron chi connectivity index (χ2n) is 4.19. The van der Waals surface area contributed by atoms with E-state index in [1.54, 1.807) is 6.92 Å². The van der Waals surface area contributed by atoms with Crippen LogP contribution in [0.25, 0.3) is 0 Å². The van der Waals surface area contributed by atoms with Crippen LogP contribution in [0.2, 0.25) is 0 Å². The van der Waals surface area contributed by atoms with Crippen molar-refractivity contribution in [3.63, 3.8) is 0 Å². The number of hydrogen-bond donors (Lipinski definition) is 3. The van der Waals surface area contributed by atoms with Crippen molar-refractivity contribution < 1.29 is 24.7 Å². The van der Waals surface area contributed by atoms with Crippen molar-refractivity contribution in [3.8, 4) is 0 Å². The van der Waals surface area contributed by atoms with E-state index in [1.165, 1.54) is 12.1 Å². The largest absolute Gasteiger partial charge is 0.480 e.